The van der Waals surface area contributed by atoms with Crippen LogP contribution in [0.2, 0.25) is 0 Å². The van der Waals surface area contributed by atoms with E-state index in [2.05, 4.69) is 57.2 Å². The van der Waals surface area contributed by atoms with Gasteiger partial charge in [0, 0.05) is 76.6 Å². The van der Waals surface area contributed by atoms with Crippen LogP contribution in [0, 0.1) is 17.2 Å². The molecule has 5 heterocycles. The third-order valence-corrected chi connectivity index (χ3v) is 10.7. The fourth-order valence-electron chi connectivity index (χ4n) is 8.43. The van der Waals surface area contributed by atoms with Crippen molar-refractivity contribution < 1.29 is 9.47 Å². The van der Waals surface area contributed by atoms with Gasteiger partial charge in [0.25, 0.3) is 0 Å². The van der Waals surface area contributed by atoms with Crippen LogP contribution in [0.3, 0.4) is 0 Å². The van der Waals surface area contributed by atoms with Crippen LogP contribution in [0.1, 0.15) is 73.4 Å². The van der Waals surface area contributed by atoms with E-state index < -0.39 is 0 Å². The molecule has 3 aromatic rings. The van der Waals surface area contributed by atoms with E-state index in [0.29, 0.717) is 30.4 Å². The fourth-order valence-corrected chi connectivity index (χ4v) is 8.43. The zero-order valence-electron chi connectivity index (χ0n) is 25.1. The van der Waals surface area contributed by atoms with E-state index in [4.69, 9.17) is 19.4 Å². The number of likely N-dealkylation sites (tertiary alicyclic amines) is 1. The number of fused-ring (bicyclic) bond motifs is 1. The van der Waals surface area contributed by atoms with E-state index in [0.717, 1.165) is 109 Å². The average molecular weight is 579 g/mol. The molecule has 8 rings (SSSR count). The minimum atomic E-state index is 0.147. The molecule has 3 fully saturated rings. The first-order valence-electron chi connectivity index (χ1n) is 16.5. The lowest BCUT2D eigenvalue weighted by atomic mass is 9.95. The van der Waals surface area contributed by atoms with Gasteiger partial charge in [-0.2, -0.15) is 15.2 Å². The van der Waals surface area contributed by atoms with E-state index in [-0.39, 0.29) is 6.10 Å². The number of hydrogen-bond acceptors (Lipinski definition) is 8. The molecule has 43 heavy (non-hydrogen) atoms. The topological polar surface area (TPSA) is 77.8 Å². The Morgan fingerprint density at radius 3 is 2.60 bits per heavy atom. The van der Waals surface area contributed by atoms with Gasteiger partial charge in [0.1, 0.15) is 11.9 Å². The largest absolute Gasteiger partial charge is 0.460 e. The molecular formula is C35H42N6O2. The number of piperidine rings is 2. The van der Waals surface area contributed by atoms with Gasteiger partial charge < -0.3 is 14.4 Å². The summed E-state index contributed by atoms with van der Waals surface area (Å²) in [5.41, 5.74) is 5.26. The van der Waals surface area contributed by atoms with E-state index >= 15 is 0 Å². The summed E-state index contributed by atoms with van der Waals surface area (Å²) in [5.74, 6) is 1.43. The van der Waals surface area contributed by atoms with Crippen LogP contribution in [0.15, 0.2) is 36.4 Å². The molecule has 1 unspecified atom stereocenters. The van der Waals surface area contributed by atoms with Gasteiger partial charge in [0.2, 0.25) is 0 Å². The highest BCUT2D eigenvalue weighted by Crippen LogP contribution is 2.44. The number of anilines is 1. The molecule has 0 bridgehead atoms. The Balaban J connectivity index is 1.04. The molecule has 3 saturated heterocycles. The van der Waals surface area contributed by atoms with Crippen molar-refractivity contribution in [3.8, 4) is 12.1 Å². The second-order valence-corrected chi connectivity index (χ2v) is 13.3. The van der Waals surface area contributed by atoms with E-state index in [9.17, 15) is 5.26 Å². The quantitative estimate of drug-likeness (QED) is 0.385. The smallest absolute Gasteiger partial charge is 0.318 e. The van der Waals surface area contributed by atoms with Gasteiger partial charge >= 0.3 is 6.01 Å². The summed E-state index contributed by atoms with van der Waals surface area (Å²) in [7, 11) is 0. The number of nitrogens with zero attached hydrogens (tertiary/aromatic N) is 6. The predicted molar refractivity (Wildman–Crippen MR) is 166 cm³/mol. The highest BCUT2D eigenvalue weighted by atomic mass is 16.5. The predicted octanol–water partition coefficient (Wildman–Crippen LogP) is 5.40. The molecule has 0 saturated carbocycles. The SMILES string of the molecule is N#CC[C@@H]1CCCN(c2nc(OC3CCN(C4CCOCC4)CC3)nc3c2CN(C2Cc4cccc5cccc2c45)C3)C1. The lowest BCUT2D eigenvalue weighted by molar-refractivity contribution is 0.00870. The van der Waals surface area contributed by atoms with Crippen molar-refractivity contribution in [2.75, 3.05) is 44.3 Å². The fraction of sp³-hybridized carbons (Fsp3) is 0.571. The number of aromatic nitrogens is 2. The van der Waals surface area contributed by atoms with Crippen molar-refractivity contribution >= 4 is 16.6 Å². The summed E-state index contributed by atoms with van der Waals surface area (Å²) in [5, 5.41) is 12.2. The van der Waals surface area contributed by atoms with Crippen molar-refractivity contribution in [1.29, 1.82) is 5.26 Å². The third kappa shape index (κ3) is 5.26. The Hall–Kier alpha value is -3.25. The zero-order valence-corrected chi connectivity index (χ0v) is 25.1. The summed E-state index contributed by atoms with van der Waals surface area (Å²) in [6.07, 6.45) is 8.30. The van der Waals surface area contributed by atoms with Crippen LogP contribution in [-0.4, -0.2) is 71.3 Å². The van der Waals surface area contributed by atoms with Crippen LogP contribution < -0.4 is 9.64 Å². The van der Waals surface area contributed by atoms with Gasteiger partial charge in [0.15, 0.2) is 0 Å². The van der Waals surface area contributed by atoms with E-state index in [1.807, 2.05) is 0 Å². The molecule has 224 valence electrons. The molecule has 8 nitrogen and oxygen atoms in total. The summed E-state index contributed by atoms with van der Waals surface area (Å²) >= 11 is 0. The molecule has 1 aromatic heterocycles. The van der Waals surface area contributed by atoms with Gasteiger partial charge in [-0.1, -0.05) is 36.4 Å². The second kappa shape index (κ2) is 11.7. The minimum absolute atomic E-state index is 0.147. The maximum absolute atomic E-state index is 9.42. The molecule has 1 aliphatic carbocycles. The molecule has 2 aromatic carbocycles. The van der Waals surface area contributed by atoms with E-state index in [1.54, 1.807) is 0 Å². The van der Waals surface area contributed by atoms with Crippen molar-refractivity contribution in [3.05, 3.63) is 58.8 Å². The monoisotopic (exact) mass is 578 g/mol. The molecule has 4 aliphatic heterocycles. The molecule has 8 heteroatoms. The van der Waals surface area contributed by atoms with Crippen molar-refractivity contribution in [1.82, 2.24) is 19.8 Å². The number of rotatable bonds is 6. The molecule has 0 N–H and O–H groups in total. The maximum atomic E-state index is 9.42. The summed E-state index contributed by atoms with van der Waals surface area (Å²) in [6, 6.07) is 17.4. The number of ether oxygens (including phenoxy) is 2. The zero-order chi connectivity index (χ0) is 28.8. The first-order chi connectivity index (χ1) is 21.2. The molecule has 5 aliphatic rings. The molecule has 2 atom stereocenters. The normalized spacial score (nSPS) is 25.2. The average Bonchev–Trinajstić information content (AvgIpc) is 3.65. The Kier molecular flexibility index (Phi) is 7.42. The first-order valence-corrected chi connectivity index (χ1v) is 16.5. The van der Waals surface area contributed by atoms with Gasteiger partial charge in [-0.3, -0.25) is 9.80 Å². The summed E-state index contributed by atoms with van der Waals surface area (Å²) < 4.78 is 12.2. The van der Waals surface area contributed by atoms with Crippen LogP contribution >= 0.6 is 0 Å². The number of nitriles is 1. The highest BCUT2D eigenvalue weighted by Gasteiger charge is 2.37. The van der Waals surface area contributed by atoms with Gasteiger partial charge in [0.05, 0.1) is 11.8 Å². The first kappa shape index (κ1) is 27.3. The second-order valence-electron chi connectivity index (χ2n) is 13.3. The van der Waals surface area contributed by atoms with Crippen LogP contribution in [0.25, 0.3) is 10.8 Å². The Labute approximate surface area is 254 Å². The van der Waals surface area contributed by atoms with Crippen molar-refractivity contribution in [2.45, 2.75) is 82.6 Å². The van der Waals surface area contributed by atoms with Crippen LogP contribution in [0.4, 0.5) is 5.82 Å². The van der Waals surface area contributed by atoms with Crippen molar-refractivity contribution in [2.24, 2.45) is 5.92 Å². The minimum Gasteiger partial charge on any atom is -0.460 e. The lowest BCUT2D eigenvalue weighted by Gasteiger charge is -2.39. The Bertz CT molecular complexity index is 1520. The number of benzene rings is 2. The van der Waals surface area contributed by atoms with Gasteiger partial charge in [-0.05, 0) is 72.8 Å². The van der Waals surface area contributed by atoms with Gasteiger partial charge in [-0.25, -0.2) is 0 Å². The third-order valence-electron chi connectivity index (χ3n) is 10.7. The summed E-state index contributed by atoms with van der Waals surface area (Å²) in [6.45, 7) is 7.43. The molecule has 0 radical (unpaired) electrons. The Morgan fingerprint density at radius 2 is 1.77 bits per heavy atom. The number of hydrogen-bond donors (Lipinski definition) is 0. The van der Waals surface area contributed by atoms with Crippen LogP contribution in [-0.2, 0) is 24.2 Å². The van der Waals surface area contributed by atoms with Gasteiger partial charge in [-0.15, -0.1) is 0 Å². The van der Waals surface area contributed by atoms with Crippen molar-refractivity contribution in [3.63, 3.8) is 0 Å². The Morgan fingerprint density at radius 1 is 0.930 bits per heavy atom. The molecular weight excluding hydrogens is 536 g/mol. The standard InChI is InChI=1S/C35H42N6O2/c36-14-9-24-4-3-15-40(21-24)34-30-22-41(32-20-26-7-1-5-25-6-2-8-29(32)33(25)26)23-31(30)37-35(38-34)43-28-10-16-39(17-11-28)27-12-18-42-19-13-27/h1-2,5-8,24,27-28,32H,3-4,9-13,15-23H2/t24-,32?/m0/s1. The maximum Gasteiger partial charge on any atom is 0.318 e. The van der Waals surface area contributed by atoms with E-state index in [1.165, 1.54) is 27.5 Å². The summed E-state index contributed by atoms with van der Waals surface area (Å²) in [4.78, 5) is 17.9. The molecule has 0 amide bonds. The highest BCUT2D eigenvalue weighted by molar-refractivity contribution is 5.91. The molecule has 0 spiro atoms. The lowest BCUT2D eigenvalue weighted by Crippen LogP contribution is -2.46. The van der Waals surface area contributed by atoms with Crippen LogP contribution in [0.5, 0.6) is 6.01 Å².